The van der Waals surface area contributed by atoms with Crippen LogP contribution in [0.3, 0.4) is 0 Å². The third kappa shape index (κ3) is 5.07. The standard InChI is InChI=1S/C16H17F3N4O2/c1-2-11-9-14(24)23(10-21-11)8-7-20-15(25)22-13-6-4-3-5-12(13)16(17,18)19/h3-6,9-10H,2,7-8H2,1H3,(H2,20,22,25). The Morgan fingerprint density at radius 1 is 1.28 bits per heavy atom. The van der Waals surface area contributed by atoms with Gasteiger partial charge >= 0.3 is 12.2 Å². The van der Waals surface area contributed by atoms with Gasteiger partial charge in [-0.05, 0) is 18.6 Å². The van der Waals surface area contributed by atoms with E-state index in [2.05, 4.69) is 15.6 Å². The van der Waals surface area contributed by atoms with Gasteiger partial charge in [0.2, 0.25) is 0 Å². The van der Waals surface area contributed by atoms with Crippen LogP contribution in [0.4, 0.5) is 23.7 Å². The van der Waals surface area contributed by atoms with Crippen molar-refractivity contribution in [3.63, 3.8) is 0 Å². The average molecular weight is 354 g/mol. The summed E-state index contributed by atoms with van der Waals surface area (Å²) in [6.07, 6.45) is -2.56. The second-order valence-electron chi connectivity index (χ2n) is 5.19. The number of aromatic nitrogens is 2. The molecular formula is C16H17F3N4O2. The molecule has 1 aromatic carbocycles. The number of carbonyl (C=O) groups excluding carboxylic acids is 1. The van der Waals surface area contributed by atoms with Gasteiger partial charge in [-0.25, -0.2) is 9.78 Å². The number of nitrogens with one attached hydrogen (secondary N) is 2. The first kappa shape index (κ1) is 18.5. The molecule has 0 aliphatic heterocycles. The summed E-state index contributed by atoms with van der Waals surface area (Å²) in [6, 6.07) is 5.30. The molecular weight excluding hydrogens is 337 g/mol. The van der Waals surface area contributed by atoms with E-state index in [1.807, 2.05) is 6.92 Å². The summed E-state index contributed by atoms with van der Waals surface area (Å²) in [4.78, 5) is 27.6. The van der Waals surface area contributed by atoms with Crippen molar-refractivity contribution in [1.82, 2.24) is 14.9 Å². The van der Waals surface area contributed by atoms with Crippen molar-refractivity contribution in [1.29, 1.82) is 0 Å². The molecule has 9 heteroatoms. The largest absolute Gasteiger partial charge is 0.418 e. The van der Waals surface area contributed by atoms with Gasteiger partial charge < -0.3 is 10.6 Å². The SMILES string of the molecule is CCc1cc(=O)n(CCNC(=O)Nc2ccccc2C(F)(F)F)cn1. The lowest BCUT2D eigenvalue weighted by atomic mass is 10.1. The molecule has 0 aliphatic carbocycles. The van der Waals surface area contributed by atoms with Crippen molar-refractivity contribution in [3.05, 3.63) is 58.3 Å². The fourth-order valence-electron chi connectivity index (χ4n) is 2.12. The number of benzene rings is 1. The summed E-state index contributed by atoms with van der Waals surface area (Å²) in [7, 11) is 0. The Balaban J connectivity index is 1.93. The minimum atomic E-state index is -4.57. The van der Waals surface area contributed by atoms with Crippen LogP contribution in [0.25, 0.3) is 0 Å². The van der Waals surface area contributed by atoms with E-state index in [0.29, 0.717) is 12.1 Å². The van der Waals surface area contributed by atoms with E-state index in [1.54, 1.807) is 0 Å². The zero-order valence-corrected chi connectivity index (χ0v) is 13.4. The van der Waals surface area contributed by atoms with Gasteiger partial charge in [-0.15, -0.1) is 0 Å². The van der Waals surface area contributed by atoms with Crippen LogP contribution in [0.5, 0.6) is 0 Å². The summed E-state index contributed by atoms with van der Waals surface area (Å²) < 4.78 is 39.9. The summed E-state index contributed by atoms with van der Waals surface area (Å²) >= 11 is 0. The number of urea groups is 1. The average Bonchev–Trinajstić information content (AvgIpc) is 2.55. The van der Waals surface area contributed by atoms with Gasteiger partial charge in [0.25, 0.3) is 5.56 Å². The molecule has 0 spiro atoms. The van der Waals surface area contributed by atoms with Crippen LogP contribution >= 0.6 is 0 Å². The maximum atomic E-state index is 12.9. The monoisotopic (exact) mass is 354 g/mol. The number of hydrogen-bond donors (Lipinski definition) is 2. The maximum Gasteiger partial charge on any atom is 0.418 e. The summed E-state index contributed by atoms with van der Waals surface area (Å²) in [6.45, 7) is 2.09. The van der Waals surface area contributed by atoms with Crippen molar-refractivity contribution in [2.45, 2.75) is 26.1 Å². The van der Waals surface area contributed by atoms with Gasteiger partial charge in [0, 0.05) is 24.8 Å². The number of aryl methyl sites for hydroxylation is 1. The molecule has 0 aliphatic rings. The molecule has 2 aromatic rings. The molecule has 2 amide bonds. The Hall–Kier alpha value is -2.84. The highest BCUT2D eigenvalue weighted by Gasteiger charge is 2.33. The van der Waals surface area contributed by atoms with Gasteiger partial charge in [-0.1, -0.05) is 19.1 Å². The molecule has 0 saturated heterocycles. The minimum Gasteiger partial charge on any atom is -0.336 e. The number of halogens is 3. The van der Waals surface area contributed by atoms with Crippen LogP contribution in [-0.4, -0.2) is 22.1 Å². The van der Waals surface area contributed by atoms with Crippen molar-refractivity contribution in [2.24, 2.45) is 0 Å². The second kappa shape index (κ2) is 7.82. The maximum absolute atomic E-state index is 12.9. The van der Waals surface area contributed by atoms with E-state index in [0.717, 1.165) is 6.07 Å². The summed E-state index contributed by atoms with van der Waals surface area (Å²) in [5.74, 6) is 0. The molecule has 0 radical (unpaired) electrons. The highest BCUT2D eigenvalue weighted by atomic mass is 19.4. The zero-order chi connectivity index (χ0) is 18.4. The molecule has 1 aromatic heterocycles. The smallest absolute Gasteiger partial charge is 0.336 e. The van der Waals surface area contributed by atoms with Crippen LogP contribution < -0.4 is 16.2 Å². The quantitative estimate of drug-likeness (QED) is 0.867. The molecule has 134 valence electrons. The van der Waals surface area contributed by atoms with Crippen LogP contribution in [0, 0.1) is 0 Å². The Bertz CT molecular complexity index is 802. The van der Waals surface area contributed by atoms with E-state index in [1.165, 1.54) is 35.2 Å². The number of para-hydroxylation sites is 1. The van der Waals surface area contributed by atoms with Crippen LogP contribution in [0.15, 0.2) is 41.5 Å². The van der Waals surface area contributed by atoms with Crippen molar-refractivity contribution in [2.75, 3.05) is 11.9 Å². The third-order valence-electron chi connectivity index (χ3n) is 3.42. The predicted molar refractivity (Wildman–Crippen MR) is 86.3 cm³/mol. The zero-order valence-electron chi connectivity index (χ0n) is 13.4. The van der Waals surface area contributed by atoms with E-state index >= 15 is 0 Å². The highest BCUT2D eigenvalue weighted by Crippen LogP contribution is 2.34. The van der Waals surface area contributed by atoms with E-state index < -0.39 is 17.8 Å². The number of carbonyl (C=O) groups is 1. The number of amides is 2. The highest BCUT2D eigenvalue weighted by molar-refractivity contribution is 5.90. The number of hydrogen-bond acceptors (Lipinski definition) is 3. The van der Waals surface area contributed by atoms with Gasteiger partial charge in [-0.2, -0.15) is 13.2 Å². The Kier molecular flexibility index (Phi) is 5.79. The number of nitrogens with zero attached hydrogens (tertiary/aromatic N) is 2. The molecule has 1 heterocycles. The molecule has 2 rings (SSSR count). The lowest BCUT2D eigenvalue weighted by Crippen LogP contribution is -2.34. The van der Waals surface area contributed by atoms with Crippen molar-refractivity contribution in [3.8, 4) is 0 Å². The van der Waals surface area contributed by atoms with Crippen molar-refractivity contribution >= 4 is 11.7 Å². The second-order valence-corrected chi connectivity index (χ2v) is 5.19. The van der Waals surface area contributed by atoms with Gasteiger partial charge in [0.1, 0.15) is 0 Å². The molecule has 2 N–H and O–H groups in total. The van der Waals surface area contributed by atoms with Crippen LogP contribution in [0.2, 0.25) is 0 Å². The number of rotatable bonds is 5. The lowest BCUT2D eigenvalue weighted by molar-refractivity contribution is -0.136. The molecule has 25 heavy (non-hydrogen) atoms. The van der Waals surface area contributed by atoms with Crippen molar-refractivity contribution < 1.29 is 18.0 Å². The fourth-order valence-corrected chi connectivity index (χ4v) is 2.12. The molecule has 0 unspecified atom stereocenters. The molecule has 0 fully saturated rings. The Labute approximate surface area is 141 Å². The van der Waals surface area contributed by atoms with Gasteiger partial charge in [-0.3, -0.25) is 9.36 Å². The van der Waals surface area contributed by atoms with E-state index in [-0.39, 0.29) is 24.3 Å². The first-order valence-corrected chi connectivity index (χ1v) is 7.57. The van der Waals surface area contributed by atoms with E-state index in [9.17, 15) is 22.8 Å². The first-order valence-electron chi connectivity index (χ1n) is 7.57. The first-order chi connectivity index (χ1) is 11.8. The molecule has 6 nitrogen and oxygen atoms in total. The Morgan fingerprint density at radius 3 is 2.64 bits per heavy atom. The fraction of sp³-hybridized carbons (Fsp3) is 0.312. The number of anilines is 1. The summed E-state index contributed by atoms with van der Waals surface area (Å²) in [5.41, 5.74) is -0.855. The summed E-state index contributed by atoms with van der Waals surface area (Å²) in [5, 5.41) is 4.57. The third-order valence-corrected chi connectivity index (χ3v) is 3.42. The predicted octanol–water partition coefficient (Wildman–Crippen LogP) is 2.65. The topological polar surface area (TPSA) is 76.0 Å². The molecule has 0 bridgehead atoms. The van der Waals surface area contributed by atoms with E-state index in [4.69, 9.17) is 0 Å². The van der Waals surface area contributed by atoms with Crippen LogP contribution in [-0.2, 0) is 19.1 Å². The normalized spacial score (nSPS) is 11.2. The van der Waals surface area contributed by atoms with Gasteiger partial charge in [0.15, 0.2) is 0 Å². The van der Waals surface area contributed by atoms with Crippen LogP contribution in [0.1, 0.15) is 18.2 Å². The minimum absolute atomic E-state index is 0.0626. The molecule has 0 saturated carbocycles. The number of alkyl halides is 3. The molecule has 0 atom stereocenters. The Morgan fingerprint density at radius 2 is 2.00 bits per heavy atom. The van der Waals surface area contributed by atoms with Gasteiger partial charge in [0.05, 0.1) is 17.6 Å². The lowest BCUT2D eigenvalue weighted by Gasteiger charge is -2.14.